The minimum atomic E-state index is -0.738. The maximum atomic E-state index is 11.7. The highest BCUT2D eigenvalue weighted by Gasteiger charge is 2.48. The molecule has 1 aromatic rings. The van der Waals surface area contributed by atoms with Gasteiger partial charge in [-0.25, -0.2) is 0 Å². The Balaban J connectivity index is 2.30. The summed E-state index contributed by atoms with van der Waals surface area (Å²) in [6.45, 7) is 5.61. The number of ether oxygens (including phenoxy) is 5. The zero-order valence-corrected chi connectivity index (χ0v) is 17.9. The van der Waals surface area contributed by atoms with E-state index in [0.717, 1.165) is 4.90 Å². The zero-order valence-electron chi connectivity index (χ0n) is 17.1. The van der Waals surface area contributed by atoms with Gasteiger partial charge in [-0.1, -0.05) is 24.8 Å². The molecule has 0 amide bonds. The molecule has 0 bridgehead atoms. The van der Waals surface area contributed by atoms with Crippen molar-refractivity contribution in [3.05, 3.63) is 24.3 Å². The van der Waals surface area contributed by atoms with Crippen LogP contribution in [0.3, 0.4) is 0 Å². The number of methoxy groups -OCH3 is 1. The van der Waals surface area contributed by atoms with Gasteiger partial charge in [-0.3, -0.25) is 14.4 Å². The number of thioether (sulfide) groups is 1. The van der Waals surface area contributed by atoms with Gasteiger partial charge in [0, 0.05) is 31.6 Å². The van der Waals surface area contributed by atoms with Crippen molar-refractivity contribution in [1.82, 2.24) is 0 Å². The molecule has 1 heterocycles. The lowest BCUT2D eigenvalue weighted by atomic mass is 9.91. The molecule has 1 aliphatic rings. The lowest BCUT2D eigenvalue weighted by Gasteiger charge is -2.43. The molecule has 3 unspecified atom stereocenters. The first-order valence-corrected chi connectivity index (χ1v) is 10.0. The van der Waals surface area contributed by atoms with Crippen molar-refractivity contribution in [2.45, 2.75) is 56.3 Å². The second-order valence-corrected chi connectivity index (χ2v) is 7.82. The number of esters is 3. The van der Waals surface area contributed by atoms with Crippen molar-refractivity contribution in [1.29, 1.82) is 0 Å². The molecule has 1 fully saturated rings. The molecule has 8 nitrogen and oxygen atoms in total. The van der Waals surface area contributed by atoms with Crippen LogP contribution in [0.15, 0.2) is 29.2 Å². The Bertz CT molecular complexity index is 735. The maximum absolute atomic E-state index is 11.7. The maximum Gasteiger partial charge on any atom is 0.303 e. The predicted molar refractivity (Wildman–Crippen MR) is 104 cm³/mol. The number of rotatable bonds is 7. The van der Waals surface area contributed by atoms with Crippen LogP contribution in [0.1, 0.15) is 27.7 Å². The standard InChI is InChI=1S/C20H26O8S/c1-11-18(26-13(3)22)17(10-25-12(2)21)28-20(19(11)27-14(4)23)29-16-8-6-7-15(9-16)24-5/h6-9,11,17-20H,10H2,1-5H3/t11?,17?,18-,19?,20-/m1/s1. The van der Waals surface area contributed by atoms with Crippen molar-refractivity contribution >= 4 is 29.7 Å². The van der Waals surface area contributed by atoms with E-state index in [9.17, 15) is 14.4 Å². The zero-order chi connectivity index (χ0) is 21.6. The van der Waals surface area contributed by atoms with E-state index in [1.54, 1.807) is 7.11 Å². The van der Waals surface area contributed by atoms with Gasteiger partial charge in [0.25, 0.3) is 0 Å². The largest absolute Gasteiger partial charge is 0.497 e. The smallest absolute Gasteiger partial charge is 0.303 e. The van der Waals surface area contributed by atoms with E-state index in [1.807, 2.05) is 31.2 Å². The summed E-state index contributed by atoms with van der Waals surface area (Å²) < 4.78 is 27.4. The molecule has 160 valence electrons. The molecule has 0 saturated carbocycles. The van der Waals surface area contributed by atoms with Crippen LogP contribution in [0.5, 0.6) is 5.75 Å². The fourth-order valence-corrected chi connectivity index (χ4v) is 4.31. The SMILES string of the molecule is COc1cccc(S[C@H]2OC(COC(C)=O)[C@H](OC(C)=O)C(C)C2OC(C)=O)c1. The van der Waals surface area contributed by atoms with E-state index in [1.165, 1.54) is 32.5 Å². The fourth-order valence-electron chi connectivity index (χ4n) is 3.07. The summed E-state index contributed by atoms with van der Waals surface area (Å²) >= 11 is 1.35. The third-order valence-corrected chi connectivity index (χ3v) is 5.47. The Labute approximate surface area is 174 Å². The van der Waals surface area contributed by atoms with E-state index in [2.05, 4.69) is 0 Å². The minimum Gasteiger partial charge on any atom is -0.497 e. The van der Waals surface area contributed by atoms with E-state index >= 15 is 0 Å². The topological polar surface area (TPSA) is 97.4 Å². The van der Waals surface area contributed by atoms with Crippen molar-refractivity contribution in [2.75, 3.05) is 13.7 Å². The molecular weight excluding hydrogens is 400 g/mol. The molecule has 5 atom stereocenters. The van der Waals surface area contributed by atoms with Crippen LogP contribution in [0.4, 0.5) is 0 Å². The van der Waals surface area contributed by atoms with Crippen LogP contribution in [0.2, 0.25) is 0 Å². The minimum absolute atomic E-state index is 0.0837. The molecule has 0 N–H and O–H groups in total. The first kappa shape index (κ1) is 23.0. The average Bonchev–Trinajstić information content (AvgIpc) is 2.65. The van der Waals surface area contributed by atoms with Gasteiger partial charge in [0.2, 0.25) is 0 Å². The summed E-state index contributed by atoms with van der Waals surface area (Å²) in [7, 11) is 1.57. The van der Waals surface area contributed by atoms with E-state index in [4.69, 9.17) is 23.7 Å². The highest BCUT2D eigenvalue weighted by Crippen LogP contribution is 2.39. The van der Waals surface area contributed by atoms with Crippen LogP contribution in [-0.2, 0) is 33.3 Å². The van der Waals surface area contributed by atoms with Gasteiger partial charge < -0.3 is 23.7 Å². The fraction of sp³-hybridized carbons (Fsp3) is 0.550. The summed E-state index contributed by atoms with van der Waals surface area (Å²) in [5.41, 5.74) is -0.603. The van der Waals surface area contributed by atoms with E-state index in [-0.39, 0.29) is 12.5 Å². The number of carbonyl (C=O) groups is 3. The number of benzene rings is 1. The van der Waals surface area contributed by atoms with Crippen molar-refractivity contribution in [2.24, 2.45) is 5.92 Å². The number of carbonyl (C=O) groups excluding carboxylic acids is 3. The van der Waals surface area contributed by atoms with Gasteiger partial charge >= 0.3 is 17.9 Å². The third kappa shape index (κ3) is 6.64. The van der Waals surface area contributed by atoms with Gasteiger partial charge in [0.1, 0.15) is 36.1 Å². The van der Waals surface area contributed by atoms with Crippen molar-refractivity contribution < 1.29 is 38.1 Å². The average molecular weight is 426 g/mol. The Morgan fingerprint density at radius 1 is 1.03 bits per heavy atom. The van der Waals surface area contributed by atoms with Gasteiger partial charge in [0.15, 0.2) is 0 Å². The Kier molecular flexibility index (Phi) is 8.33. The van der Waals surface area contributed by atoms with Crippen LogP contribution >= 0.6 is 11.8 Å². The lowest BCUT2D eigenvalue weighted by molar-refractivity contribution is -0.212. The Hall–Kier alpha value is -2.26. The Morgan fingerprint density at radius 2 is 1.69 bits per heavy atom. The third-order valence-electron chi connectivity index (χ3n) is 4.33. The van der Waals surface area contributed by atoms with Crippen LogP contribution in [0, 0.1) is 5.92 Å². The molecule has 1 aliphatic heterocycles. The summed E-state index contributed by atoms with van der Waals surface area (Å²) in [5, 5.41) is 0. The molecule has 0 aromatic heterocycles. The second kappa shape index (κ2) is 10.5. The summed E-state index contributed by atoms with van der Waals surface area (Å²) in [6.07, 6.45) is -2.12. The number of hydrogen-bond donors (Lipinski definition) is 0. The van der Waals surface area contributed by atoms with E-state index < -0.39 is 41.7 Å². The Morgan fingerprint density at radius 3 is 2.28 bits per heavy atom. The molecule has 0 radical (unpaired) electrons. The highest BCUT2D eigenvalue weighted by atomic mass is 32.2. The van der Waals surface area contributed by atoms with Gasteiger partial charge in [-0.05, 0) is 18.2 Å². The molecule has 29 heavy (non-hydrogen) atoms. The number of hydrogen-bond acceptors (Lipinski definition) is 9. The normalized spacial score (nSPS) is 26.3. The van der Waals surface area contributed by atoms with Gasteiger partial charge in [-0.2, -0.15) is 0 Å². The molecule has 0 aliphatic carbocycles. The highest BCUT2D eigenvalue weighted by molar-refractivity contribution is 7.99. The van der Waals surface area contributed by atoms with Crippen LogP contribution in [-0.4, -0.2) is 55.4 Å². The molecule has 1 saturated heterocycles. The van der Waals surface area contributed by atoms with Crippen LogP contribution < -0.4 is 4.74 Å². The molecule has 0 spiro atoms. The first-order valence-electron chi connectivity index (χ1n) is 9.15. The summed E-state index contributed by atoms with van der Waals surface area (Å²) in [4.78, 5) is 35.4. The predicted octanol–water partition coefficient (Wildman–Crippen LogP) is 2.57. The lowest BCUT2D eigenvalue weighted by Crippen LogP contribution is -2.56. The molecule has 2 rings (SSSR count). The molecular formula is C20H26O8S. The van der Waals surface area contributed by atoms with Gasteiger partial charge in [-0.15, -0.1) is 0 Å². The molecule has 9 heteroatoms. The summed E-state index contributed by atoms with van der Waals surface area (Å²) in [6, 6.07) is 7.37. The van der Waals surface area contributed by atoms with E-state index in [0.29, 0.717) is 5.75 Å². The monoisotopic (exact) mass is 426 g/mol. The van der Waals surface area contributed by atoms with Gasteiger partial charge in [0.05, 0.1) is 7.11 Å². The van der Waals surface area contributed by atoms with Crippen molar-refractivity contribution in [3.8, 4) is 5.75 Å². The molecule has 1 aromatic carbocycles. The van der Waals surface area contributed by atoms with Crippen LogP contribution in [0.25, 0.3) is 0 Å². The van der Waals surface area contributed by atoms with Crippen molar-refractivity contribution in [3.63, 3.8) is 0 Å². The quantitative estimate of drug-likeness (QED) is 0.481. The summed E-state index contributed by atoms with van der Waals surface area (Å²) in [5.74, 6) is -1.15. The second-order valence-electron chi connectivity index (χ2n) is 6.65. The first-order chi connectivity index (χ1) is 13.7.